The molecule has 1 saturated heterocycles. The number of hydrogen-bond acceptors (Lipinski definition) is 3. The summed E-state index contributed by atoms with van der Waals surface area (Å²) in [6.07, 6.45) is -0.521. The fourth-order valence-corrected chi connectivity index (χ4v) is 7.59. The molecule has 3 heteroatoms. The van der Waals surface area contributed by atoms with E-state index in [9.17, 15) is 5.26 Å². The minimum atomic E-state index is -0.550. The topological polar surface area (TPSA) is 42.2 Å². The summed E-state index contributed by atoms with van der Waals surface area (Å²) in [6, 6.07) is 53.9. The molecular weight excluding hydrogens is 587 g/mol. The summed E-state index contributed by atoms with van der Waals surface area (Å²) in [5.74, 6) is 0. The first-order valence-electron chi connectivity index (χ1n) is 16.6. The van der Waals surface area contributed by atoms with E-state index in [1.807, 2.05) is 24.3 Å². The van der Waals surface area contributed by atoms with Crippen molar-refractivity contribution in [1.29, 1.82) is 5.26 Å². The van der Waals surface area contributed by atoms with Gasteiger partial charge in [0, 0.05) is 5.56 Å². The Morgan fingerprint density at radius 1 is 0.500 bits per heavy atom. The maximum absolute atomic E-state index is 9.26. The Kier molecular flexibility index (Phi) is 7.00. The van der Waals surface area contributed by atoms with Crippen molar-refractivity contribution in [3.63, 3.8) is 0 Å². The molecule has 1 aliphatic carbocycles. The van der Waals surface area contributed by atoms with Crippen molar-refractivity contribution >= 4 is 0 Å². The molecule has 1 aliphatic heterocycles. The van der Waals surface area contributed by atoms with Crippen LogP contribution in [-0.2, 0) is 14.9 Å². The summed E-state index contributed by atoms with van der Waals surface area (Å²) < 4.78 is 13.5. The summed E-state index contributed by atoms with van der Waals surface area (Å²) in [4.78, 5) is 0. The fourth-order valence-electron chi connectivity index (χ4n) is 7.59. The minimum Gasteiger partial charge on any atom is -0.339 e. The highest BCUT2D eigenvalue weighted by molar-refractivity contribution is 5.97. The second-order valence-corrected chi connectivity index (χ2v) is 13.8. The summed E-state index contributed by atoms with van der Waals surface area (Å²) in [5.41, 5.74) is 12.0. The van der Waals surface area contributed by atoms with Gasteiger partial charge in [0.1, 0.15) is 0 Å². The number of hydrogen-bond donors (Lipinski definition) is 0. The van der Waals surface area contributed by atoms with Gasteiger partial charge in [0.2, 0.25) is 0 Å². The fraction of sp³-hybridized carbons (Fsp3) is 0.178. The third-order valence-corrected chi connectivity index (χ3v) is 10.7. The highest BCUT2D eigenvalue weighted by atomic mass is 16.7. The molecule has 48 heavy (non-hydrogen) atoms. The van der Waals surface area contributed by atoms with Crippen molar-refractivity contribution in [2.45, 2.75) is 50.6 Å². The molecule has 0 N–H and O–H groups in total. The highest BCUT2D eigenvalue weighted by Gasteiger charge is 2.53. The molecule has 0 atom stereocenters. The molecule has 0 aromatic heterocycles. The van der Waals surface area contributed by atoms with E-state index in [1.54, 1.807) is 0 Å². The van der Waals surface area contributed by atoms with Gasteiger partial charge in [-0.25, -0.2) is 0 Å². The minimum absolute atomic E-state index is 0.474. The van der Waals surface area contributed by atoms with Crippen molar-refractivity contribution in [1.82, 2.24) is 0 Å². The predicted octanol–water partition coefficient (Wildman–Crippen LogP) is 10.9. The predicted molar refractivity (Wildman–Crippen MR) is 192 cm³/mol. The zero-order valence-electron chi connectivity index (χ0n) is 27.7. The number of ether oxygens (including phenoxy) is 2. The van der Waals surface area contributed by atoms with E-state index in [4.69, 9.17) is 9.47 Å². The highest BCUT2D eigenvalue weighted by Crippen LogP contribution is 2.61. The van der Waals surface area contributed by atoms with Crippen LogP contribution in [-0.4, -0.2) is 11.2 Å². The second kappa shape index (κ2) is 11.2. The molecule has 2 aliphatic rings. The van der Waals surface area contributed by atoms with Gasteiger partial charge >= 0.3 is 0 Å². The van der Waals surface area contributed by atoms with Gasteiger partial charge in [0.25, 0.3) is 0 Å². The van der Waals surface area contributed by atoms with E-state index in [2.05, 4.69) is 155 Å². The maximum Gasteiger partial charge on any atom is 0.185 e. The third kappa shape index (κ3) is 4.48. The van der Waals surface area contributed by atoms with Crippen molar-refractivity contribution in [3.05, 3.63) is 179 Å². The molecule has 0 spiro atoms. The lowest BCUT2D eigenvalue weighted by molar-refractivity contribution is -0.0892. The van der Waals surface area contributed by atoms with Crippen LogP contribution in [0.3, 0.4) is 0 Å². The van der Waals surface area contributed by atoms with Gasteiger partial charge in [-0.3, -0.25) is 0 Å². The lowest BCUT2D eigenvalue weighted by atomic mass is 9.67. The standard InChI is InChI=1S/C45H37NO2/c1-43(2)44(3,4)48-42(47-43)37-18-12-20-39-41(37)40-36(33-27-25-32(26-28-33)31-23-21-30(29-46)22-24-31)17-11-19-38(40)45(39,34-13-7-5-8-14-34)35-15-9-6-10-16-35/h5-28,42H,1-4H3. The Bertz CT molecular complexity index is 2120. The van der Waals surface area contributed by atoms with E-state index >= 15 is 0 Å². The van der Waals surface area contributed by atoms with E-state index in [0.717, 1.165) is 27.8 Å². The zero-order chi connectivity index (χ0) is 33.1. The summed E-state index contributed by atoms with van der Waals surface area (Å²) in [6.45, 7) is 8.46. The van der Waals surface area contributed by atoms with Crippen molar-refractivity contribution < 1.29 is 9.47 Å². The second-order valence-electron chi connectivity index (χ2n) is 13.8. The van der Waals surface area contributed by atoms with Gasteiger partial charge < -0.3 is 9.47 Å². The molecule has 0 unspecified atom stereocenters. The quantitative estimate of drug-likeness (QED) is 0.192. The largest absolute Gasteiger partial charge is 0.339 e. The smallest absolute Gasteiger partial charge is 0.185 e. The number of rotatable bonds is 5. The molecule has 1 heterocycles. The molecule has 1 fully saturated rings. The van der Waals surface area contributed by atoms with Crippen LogP contribution in [0.4, 0.5) is 0 Å². The number of benzene rings is 6. The molecule has 0 amide bonds. The van der Waals surface area contributed by atoms with Crippen LogP contribution in [0.25, 0.3) is 33.4 Å². The van der Waals surface area contributed by atoms with Crippen LogP contribution in [0.1, 0.15) is 67.4 Å². The molecule has 234 valence electrons. The number of nitrogens with zero attached hydrogens (tertiary/aromatic N) is 1. The SMILES string of the molecule is CC1(C)OC(c2cccc3c2-c2c(-c4ccc(-c5ccc(C#N)cc5)cc4)cccc2C3(c2ccccc2)c2ccccc2)OC1(C)C. The monoisotopic (exact) mass is 623 g/mol. The van der Waals surface area contributed by atoms with Crippen molar-refractivity contribution in [3.8, 4) is 39.4 Å². The van der Waals surface area contributed by atoms with Crippen LogP contribution < -0.4 is 0 Å². The van der Waals surface area contributed by atoms with Gasteiger partial charge in [-0.05, 0) is 95.5 Å². The van der Waals surface area contributed by atoms with E-state index in [0.29, 0.717) is 5.56 Å². The molecular formula is C45H37NO2. The molecule has 8 rings (SSSR count). The van der Waals surface area contributed by atoms with Crippen molar-refractivity contribution in [2.75, 3.05) is 0 Å². The Labute approximate surface area is 283 Å². The molecule has 3 nitrogen and oxygen atoms in total. The van der Waals surface area contributed by atoms with Crippen LogP contribution in [0.2, 0.25) is 0 Å². The van der Waals surface area contributed by atoms with E-state index in [-0.39, 0.29) is 0 Å². The normalized spacial score (nSPS) is 17.0. The Morgan fingerprint density at radius 2 is 0.979 bits per heavy atom. The molecule has 0 bridgehead atoms. The average Bonchev–Trinajstić information content (AvgIpc) is 3.55. The molecule has 0 saturated carbocycles. The van der Waals surface area contributed by atoms with Crippen molar-refractivity contribution in [2.24, 2.45) is 0 Å². The Hall–Kier alpha value is -5.27. The summed E-state index contributed by atoms with van der Waals surface area (Å²) >= 11 is 0. The first kappa shape index (κ1) is 30.1. The van der Waals surface area contributed by atoms with Gasteiger partial charge in [-0.1, -0.05) is 133 Å². The average molecular weight is 624 g/mol. The van der Waals surface area contributed by atoms with E-state index < -0.39 is 22.9 Å². The first-order valence-corrected chi connectivity index (χ1v) is 16.6. The summed E-state index contributed by atoms with van der Waals surface area (Å²) in [7, 11) is 0. The maximum atomic E-state index is 9.26. The Morgan fingerprint density at radius 3 is 1.52 bits per heavy atom. The molecule has 6 aromatic rings. The lowest BCUT2D eigenvalue weighted by Crippen LogP contribution is -2.41. The summed E-state index contributed by atoms with van der Waals surface area (Å²) in [5, 5.41) is 9.26. The van der Waals surface area contributed by atoms with Gasteiger partial charge in [0.15, 0.2) is 6.29 Å². The van der Waals surface area contributed by atoms with Gasteiger partial charge in [-0.2, -0.15) is 5.26 Å². The van der Waals surface area contributed by atoms with Crippen LogP contribution in [0.15, 0.2) is 146 Å². The third-order valence-electron chi connectivity index (χ3n) is 10.7. The first-order chi connectivity index (χ1) is 23.2. The zero-order valence-corrected chi connectivity index (χ0v) is 27.7. The van der Waals surface area contributed by atoms with Gasteiger partial charge in [0.05, 0.1) is 28.2 Å². The molecule has 6 aromatic carbocycles. The molecule has 0 radical (unpaired) electrons. The van der Waals surface area contributed by atoms with Gasteiger partial charge in [-0.15, -0.1) is 0 Å². The lowest BCUT2D eigenvalue weighted by Gasteiger charge is -2.34. The van der Waals surface area contributed by atoms with Crippen LogP contribution in [0.5, 0.6) is 0 Å². The van der Waals surface area contributed by atoms with E-state index in [1.165, 1.54) is 33.4 Å². The Balaban J connectivity index is 1.40. The van der Waals surface area contributed by atoms with Crippen LogP contribution >= 0.6 is 0 Å². The number of nitriles is 1. The van der Waals surface area contributed by atoms with Crippen LogP contribution in [0, 0.1) is 11.3 Å². The number of fused-ring (bicyclic) bond motifs is 3.